The molecule has 0 saturated carbocycles. The average molecular weight is 136 g/mol. The summed E-state index contributed by atoms with van der Waals surface area (Å²) in [5.74, 6) is -0.936. The van der Waals surface area contributed by atoms with Gasteiger partial charge in [-0.05, 0) is 18.2 Å². The Bertz CT molecular complexity index is 361. The van der Waals surface area contributed by atoms with Crippen LogP contribution in [0.25, 0.3) is 11.2 Å². The molecule has 0 aliphatic carbocycles. The van der Waals surface area contributed by atoms with Crippen LogP contribution in [0.4, 0.5) is 0 Å². The van der Waals surface area contributed by atoms with E-state index in [1.54, 1.807) is 12.1 Å². The summed E-state index contributed by atoms with van der Waals surface area (Å²) in [5, 5.41) is 8.52. The molecule has 3 heteroatoms. The highest BCUT2D eigenvalue weighted by Crippen LogP contribution is 2.21. The number of aromatic carboxylic acids is 1. The molecule has 2 aromatic heterocycles. The molecule has 0 aliphatic heterocycles. The number of furan rings is 2. The normalized spacial score (nSPS) is 10.8. The van der Waals surface area contributed by atoms with E-state index in [0.717, 1.165) is 0 Å². The average Bonchev–Trinajstić information content (AvgIpc) is 2.44. The van der Waals surface area contributed by atoms with Gasteiger partial charge in [0.25, 0.3) is 0 Å². The number of benzene rings is 1. The number of carboxylic acid groups (broad SMARTS) is 1. The second kappa shape index (κ2) is 1.50. The van der Waals surface area contributed by atoms with Crippen LogP contribution in [-0.2, 0) is 0 Å². The Balaban J connectivity index is 2.73. The van der Waals surface area contributed by atoms with Gasteiger partial charge in [-0.3, -0.25) is 0 Å². The second-order valence-electron chi connectivity index (χ2n) is 2.07. The molecule has 0 fully saturated rings. The third kappa shape index (κ3) is 0.515. The van der Waals surface area contributed by atoms with Gasteiger partial charge >= 0.3 is 5.97 Å². The summed E-state index contributed by atoms with van der Waals surface area (Å²) < 4.78 is 4.99. The van der Waals surface area contributed by atoms with Gasteiger partial charge in [0.05, 0.1) is 0 Å². The van der Waals surface area contributed by atoms with Crippen molar-refractivity contribution in [3.63, 3.8) is 0 Å². The predicted molar refractivity (Wildman–Crippen MR) is 34.4 cm³/mol. The van der Waals surface area contributed by atoms with Crippen LogP contribution in [0, 0.1) is 0 Å². The fourth-order valence-electron chi connectivity index (χ4n) is 0.956. The lowest BCUT2D eigenvalue weighted by molar-refractivity contribution is 0.0699. The molecule has 50 valence electrons. The third-order valence-electron chi connectivity index (χ3n) is 1.41. The van der Waals surface area contributed by atoms with Crippen LogP contribution in [0.15, 0.2) is 22.6 Å². The Kier molecular flexibility index (Phi) is 0.795. The van der Waals surface area contributed by atoms with E-state index in [0.29, 0.717) is 11.2 Å². The maximum atomic E-state index is 10.4. The topological polar surface area (TPSA) is 50.4 Å². The van der Waals surface area contributed by atoms with Crippen LogP contribution in [0.3, 0.4) is 0 Å². The first kappa shape index (κ1) is 5.29. The number of fused-ring (bicyclic) bond motifs is 2. The third-order valence-corrected chi connectivity index (χ3v) is 1.41. The smallest absolute Gasteiger partial charge is 0.339 e. The number of hydrogen-bond donors (Lipinski definition) is 1. The van der Waals surface area contributed by atoms with Crippen LogP contribution < -0.4 is 0 Å². The molecule has 0 atom stereocenters. The minimum Gasteiger partial charge on any atom is -0.478 e. The molecule has 0 aliphatic rings. The molecule has 10 heavy (non-hydrogen) atoms. The number of carboxylic acids is 1. The summed E-state index contributed by atoms with van der Waals surface area (Å²) in [6.07, 6.45) is 0. The van der Waals surface area contributed by atoms with E-state index in [-0.39, 0.29) is 5.56 Å². The molecule has 0 aromatic carbocycles. The largest absolute Gasteiger partial charge is 0.478 e. The minimum atomic E-state index is -0.936. The maximum Gasteiger partial charge on any atom is 0.339 e. The Labute approximate surface area is 56.2 Å². The van der Waals surface area contributed by atoms with Crippen molar-refractivity contribution in [1.29, 1.82) is 0 Å². The van der Waals surface area contributed by atoms with Gasteiger partial charge in [0.2, 0.25) is 0 Å². The van der Waals surface area contributed by atoms with Gasteiger partial charge in [0, 0.05) is 0 Å². The SMILES string of the molecule is O=C(O)c1cc2ccc1o2. The van der Waals surface area contributed by atoms with E-state index in [1.807, 2.05) is 0 Å². The zero-order valence-electron chi connectivity index (χ0n) is 5.00. The molecule has 0 unspecified atom stereocenters. The van der Waals surface area contributed by atoms with Crippen LogP contribution in [0.5, 0.6) is 0 Å². The van der Waals surface area contributed by atoms with Crippen molar-refractivity contribution in [3.8, 4) is 0 Å². The lowest BCUT2D eigenvalue weighted by Crippen LogP contribution is -1.93. The molecule has 0 saturated heterocycles. The van der Waals surface area contributed by atoms with Gasteiger partial charge in [0.1, 0.15) is 16.7 Å². The highest BCUT2D eigenvalue weighted by Gasteiger charge is 2.12. The summed E-state index contributed by atoms with van der Waals surface area (Å²) in [4.78, 5) is 10.4. The van der Waals surface area contributed by atoms with E-state index in [4.69, 9.17) is 9.52 Å². The van der Waals surface area contributed by atoms with Gasteiger partial charge < -0.3 is 9.52 Å². The summed E-state index contributed by atoms with van der Waals surface area (Å²) in [6.45, 7) is 0. The number of carbonyl (C=O) groups is 1. The highest BCUT2D eigenvalue weighted by atomic mass is 16.4. The molecule has 2 heterocycles. The van der Waals surface area contributed by atoms with E-state index >= 15 is 0 Å². The summed E-state index contributed by atoms with van der Waals surface area (Å²) in [5.41, 5.74) is 1.31. The molecule has 2 rings (SSSR count). The Morgan fingerprint density at radius 2 is 2.30 bits per heavy atom. The van der Waals surface area contributed by atoms with Crippen LogP contribution >= 0.6 is 0 Å². The lowest BCUT2D eigenvalue weighted by Gasteiger charge is -1.83. The monoisotopic (exact) mass is 136 g/mol. The van der Waals surface area contributed by atoms with Crippen molar-refractivity contribution >= 4 is 17.1 Å². The van der Waals surface area contributed by atoms with Crippen molar-refractivity contribution < 1.29 is 14.3 Å². The van der Waals surface area contributed by atoms with Crippen molar-refractivity contribution in [2.24, 2.45) is 0 Å². The molecular weight excluding hydrogens is 132 g/mol. The van der Waals surface area contributed by atoms with E-state index in [9.17, 15) is 4.79 Å². The van der Waals surface area contributed by atoms with E-state index < -0.39 is 5.97 Å². The summed E-state index contributed by atoms with van der Waals surface area (Å²) >= 11 is 0. The quantitative estimate of drug-likeness (QED) is 0.647. The van der Waals surface area contributed by atoms with Crippen molar-refractivity contribution in [2.45, 2.75) is 0 Å². The van der Waals surface area contributed by atoms with Gasteiger partial charge in [0.15, 0.2) is 0 Å². The Morgan fingerprint density at radius 1 is 1.50 bits per heavy atom. The van der Waals surface area contributed by atoms with Crippen molar-refractivity contribution in [3.05, 3.63) is 23.8 Å². The first-order valence-corrected chi connectivity index (χ1v) is 2.82. The number of rotatable bonds is 1. The zero-order valence-corrected chi connectivity index (χ0v) is 5.00. The first-order chi connectivity index (χ1) is 4.77. The fraction of sp³-hybridized carbons (Fsp3) is 0. The van der Waals surface area contributed by atoms with Crippen LogP contribution in [-0.4, -0.2) is 11.1 Å². The molecule has 1 N–H and O–H groups in total. The zero-order chi connectivity index (χ0) is 7.14. The molecule has 0 amide bonds. The molecule has 0 spiro atoms. The maximum absolute atomic E-state index is 10.4. The van der Waals surface area contributed by atoms with Crippen LogP contribution in [0.1, 0.15) is 10.4 Å². The van der Waals surface area contributed by atoms with Gasteiger partial charge in [-0.1, -0.05) is 0 Å². The standard InChI is InChI=1S/C7H4O3/c8-7(9)5-3-4-1-2-6(5)10-4/h1-3H,(H,8,9). The molecule has 0 radical (unpaired) electrons. The fourth-order valence-corrected chi connectivity index (χ4v) is 0.956. The summed E-state index contributed by atoms with van der Waals surface area (Å²) in [7, 11) is 0. The molecule has 2 bridgehead atoms. The first-order valence-electron chi connectivity index (χ1n) is 2.82. The Hall–Kier alpha value is -1.51. The Morgan fingerprint density at radius 3 is 2.60 bits per heavy atom. The highest BCUT2D eigenvalue weighted by molar-refractivity contribution is 5.97. The molecular formula is C7H4O3. The van der Waals surface area contributed by atoms with E-state index in [2.05, 4.69) is 0 Å². The number of hydrogen-bond acceptors (Lipinski definition) is 2. The van der Waals surface area contributed by atoms with Crippen molar-refractivity contribution in [1.82, 2.24) is 0 Å². The van der Waals surface area contributed by atoms with Gasteiger partial charge in [-0.25, -0.2) is 4.79 Å². The summed E-state index contributed by atoms with van der Waals surface area (Å²) in [6, 6.07) is 4.90. The van der Waals surface area contributed by atoms with E-state index in [1.165, 1.54) is 6.07 Å². The van der Waals surface area contributed by atoms with Crippen LogP contribution in [0.2, 0.25) is 0 Å². The minimum absolute atomic E-state index is 0.248. The lowest BCUT2D eigenvalue weighted by atomic mass is 10.2. The van der Waals surface area contributed by atoms with Gasteiger partial charge in [-0.15, -0.1) is 0 Å². The van der Waals surface area contributed by atoms with Crippen molar-refractivity contribution in [2.75, 3.05) is 0 Å². The predicted octanol–water partition coefficient (Wildman–Crippen LogP) is 1.57. The second-order valence-corrected chi connectivity index (χ2v) is 2.07. The molecule has 2 aromatic rings. The molecule has 3 nitrogen and oxygen atoms in total. The van der Waals surface area contributed by atoms with Gasteiger partial charge in [-0.2, -0.15) is 0 Å².